The number of nitrogens with zero attached hydrogens (tertiary/aromatic N) is 6. The van der Waals surface area contributed by atoms with Crippen LogP contribution in [0, 0.1) is 0 Å². The molecule has 7 rings (SSSR count). The lowest BCUT2D eigenvalue weighted by molar-refractivity contribution is 0.414. The van der Waals surface area contributed by atoms with Gasteiger partial charge in [0.05, 0.1) is 21.3 Å². The quantitative estimate of drug-likeness (QED) is 0.171. The van der Waals surface area contributed by atoms with Gasteiger partial charge in [-0.25, -0.2) is 0 Å². The number of rotatable bonds is 9. The maximum atomic E-state index is 6.08. The van der Waals surface area contributed by atoms with Crippen LogP contribution in [0.5, 0.6) is 17.2 Å². The topological polar surface area (TPSA) is 144 Å². The van der Waals surface area contributed by atoms with E-state index >= 15 is 0 Å². The van der Waals surface area contributed by atoms with Crippen molar-refractivity contribution in [2.45, 2.75) is 0 Å². The van der Waals surface area contributed by atoms with Crippen LogP contribution >= 0.6 is 0 Å². The Hall–Kier alpha value is -6.30. The summed E-state index contributed by atoms with van der Waals surface area (Å²) in [6, 6.07) is 27.5. The second kappa shape index (κ2) is 11.8. The highest BCUT2D eigenvalue weighted by molar-refractivity contribution is 5.74. The molecular weight excluding hydrogens is 576 g/mol. The van der Waals surface area contributed by atoms with Crippen molar-refractivity contribution in [1.82, 2.24) is 30.6 Å². The summed E-state index contributed by atoms with van der Waals surface area (Å²) >= 11 is 0. The van der Waals surface area contributed by atoms with Crippen LogP contribution in [0.25, 0.3) is 68.7 Å². The van der Waals surface area contributed by atoms with E-state index in [1.165, 1.54) is 0 Å². The van der Waals surface area contributed by atoms with E-state index < -0.39 is 0 Å². The normalized spacial score (nSPS) is 11.0. The van der Waals surface area contributed by atoms with Gasteiger partial charge in [-0.05, 0) is 91.0 Å². The first-order valence-electron chi connectivity index (χ1n) is 13.7. The van der Waals surface area contributed by atoms with Crippen molar-refractivity contribution < 1.29 is 27.5 Å². The van der Waals surface area contributed by atoms with Crippen LogP contribution in [0.3, 0.4) is 0 Å². The van der Waals surface area contributed by atoms with Gasteiger partial charge >= 0.3 is 0 Å². The molecule has 7 aromatic rings. The minimum Gasteiger partial charge on any atom is -0.497 e. The first-order valence-corrected chi connectivity index (χ1v) is 13.7. The summed E-state index contributed by atoms with van der Waals surface area (Å²) in [6.07, 6.45) is 0. The first kappa shape index (κ1) is 27.5. The highest BCUT2D eigenvalue weighted by atomic mass is 16.5. The second-order valence-corrected chi connectivity index (χ2v) is 9.72. The van der Waals surface area contributed by atoms with Crippen LogP contribution in [0.1, 0.15) is 0 Å². The summed E-state index contributed by atoms with van der Waals surface area (Å²) in [6.45, 7) is 0. The molecule has 0 spiro atoms. The van der Waals surface area contributed by atoms with Crippen LogP contribution in [0.2, 0.25) is 0 Å². The van der Waals surface area contributed by atoms with Crippen molar-refractivity contribution in [3.05, 3.63) is 91.0 Å². The van der Waals surface area contributed by atoms with Gasteiger partial charge in [0.25, 0.3) is 0 Å². The van der Waals surface area contributed by atoms with Crippen molar-refractivity contribution >= 4 is 0 Å². The largest absolute Gasteiger partial charge is 0.497 e. The third-order valence-electron chi connectivity index (χ3n) is 6.96. The minimum atomic E-state index is 0.272. The molecule has 45 heavy (non-hydrogen) atoms. The van der Waals surface area contributed by atoms with E-state index in [1.807, 2.05) is 91.0 Å². The zero-order valence-electron chi connectivity index (χ0n) is 24.3. The van der Waals surface area contributed by atoms with Gasteiger partial charge in [-0.2, -0.15) is 0 Å². The zero-order valence-corrected chi connectivity index (χ0v) is 24.3. The van der Waals surface area contributed by atoms with Gasteiger partial charge in [0, 0.05) is 33.4 Å². The summed E-state index contributed by atoms with van der Waals surface area (Å²) in [5.74, 6) is 4.02. The number of ether oxygens (including phenoxy) is 3. The van der Waals surface area contributed by atoms with E-state index in [-0.39, 0.29) is 17.7 Å². The maximum absolute atomic E-state index is 6.08. The average molecular weight is 601 g/mol. The summed E-state index contributed by atoms with van der Waals surface area (Å²) in [5.41, 5.74) is 3.99. The fourth-order valence-corrected chi connectivity index (χ4v) is 4.57. The van der Waals surface area contributed by atoms with E-state index in [0.717, 1.165) is 33.9 Å². The van der Waals surface area contributed by atoms with Gasteiger partial charge in [-0.3, -0.25) is 0 Å². The van der Waals surface area contributed by atoms with Gasteiger partial charge < -0.3 is 27.5 Å². The predicted molar refractivity (Wildman–Crippen MR) is 162 cm³/mol. The van der Waals surface area contributed by atoms with Crippen molar-refractivity contribution in [2.24, 2.45) is 0 Å². The van der Waals surface area contributed by atoms with Crippen molar-refractivity contribution in [2.75, 3.05) is 21.3 Å². The van der Waals surface area contributed by atoms with Gasteiger partial charge in [0.15, 0.2) is 0 Å². The Morgan fingerprint density at radius 1 is 0.333 bits per heavy atom. The van der Waals surface area contributed by atoms with E-state index in [0.29, 0.717) is 34.4 Å². The highest BCUT2D eigenvalue weighted by Gasteiger charge is 2.20. The summed E-state index contributed by atoms with van der Waals surface area (Å²) in [7, 11) is 4.82. The van der Waals surface area contributed by atoms with Crippen molar-refractivity contribution in [3.63, 3.8) is 0 Å². The molecule has 0 radical (unpaired) electrons. The lowest BCUT2D eigenvalue weighted by Gasteiger charge is -2.04. The molecule has 12 heteroatoms. The number of benzene rings is 4. The second-order valence-electron chi connectivity index (χ2n) is 9.72. The van der Waals surface area contributed by atoms with Gasteiger partial charge in [-0.15, -0.1) is 30.6 Å². The predicted octanol–water partition coefficient (Wildman–Crippen LogP) is 6.86. The smallest absolute Gasteiger partial charge is 0.248 e. The van der Waals surface area contributed by atoms with Gasteiger partial charge in [0.2, 0.25) is 35.3 Å². The first-order chi connectivity index (χ1) is 22.1. The number of aromatic nitrogens is 6. The van der Waals surface area contributed by atoms with Crippen LogP contribution in [0.4, 0.5) is 0 Å². The molecule has 0 bridgehead atoms. The number of hydrogen-bond acceptors (Lipinski definition) is 12. The monoisotopic (exact) mass is 600 g/mol. The standard InChI is InChI=1S/C33H24N6O6/c1-40-25-10-4-19(5-11-25)28-34-37-31(43-28)22-16-23(32-38-35-29(44-32)20-6-12-26(41-2)13-7-20)18-24(17-22)33-39-36-30(45-33)21-8-14-27(42-3)15-9-21/h4-18H,1-3H3. The Morgan fingerprint density at radius 3 is 0.778 bits per heavy atom. The van der Waals surface area contributed by atoms with Crippen LogP contribution < -0.4 is 14.2 Å². The van der Waals surface area contributed by atoms with Gasteiger partial charge in [-0.1, -0.05) is 0 Å². The molecule has 0 aliphatic carbocycles. The molecule has 0 amide bonds. The Labute approximate surface area is 256 Å². The molecule has 3 heterocycles. The number of methoxy groups -OCH3 is 3. The van der Waals surface area contributed by atoms with E-state index in [4.69, 9.17) is 27.5 Å². The molecule has 0 saturated heterocycles. The molecule has 222 valence electrons. The molecule has 0 aliphatic heterocycles. The van der Waals surface area contributed by atoms with Crippen LogP contribution in [-0.4, -0.2) is 51.9 Å². The molecule has 0 unspecified atom stereocenters. The highest BCUT2D eigenvalue weighted by Crippen LogP contribution is 2.35. The summed E-state index contributed by atoms with van der Waals surface area (Å²) in [4.78, 5) is 0. The minimum absolute atomic E-state index is 0.272. The molecule has 4 aromatic carbocycles. The molecular formula is C33H24N6O6. The summed E-state index contributed by atoms with van der Waals surface area (Å²) < 4.78 is 34.0. The molecule has 0 atom stereocenters. The molecule has 12 nitrogen and oxygen atoms in total. The third-order valence-corrected chi connectivity index (χ3v) is 6.96. The maximum Gasteiger partial charge on any atom is 0.248 e. The SMILES string of the molecule is COc1ccc(-c2nnc(-c3cc(-c4nnc(-c5ccc(OC)cc5)o4)cc(-c4nnc(-c5ccc(OC)cc5)o4)c3)o2)cc1. The Bertz CT molecular complexity index is 1820. The molecule has 0 aliphatic rings. The lowest BCUT2D eigenvalue weighted by Crippen LogP contribution is -1.87. The van der Waals surface area contributed by atoms with E-state index in [2.05, 4.69) is 30.6 Å². The average Bonchev–Trinajstić information content (AvgIpc) is 3.90. The van der Waals surface area contributed by atoms with Crippen LogP contribution in [0.15, 0.2) is 104 Å². The molecule has 0 saturated carbocycles. The van der Waals surface area contributed by atoms with Crippen molar-refractivity contribution in [3.8, 4) is 86.0 Å². The molecule has 3 aromatic heterocycles. The lowest BCUT2D eigenvalue weighted by atomic mass is 10.1. The Morgan fingerprint density at radius 2 is 0.556 bits per heavy atom. The van der Waals surface area contributed by atoms with E-state index in [1.54, 1.807) is 21.3 Å². The third kappa shape index (κ3) is 5.59. The zero-order chi connectivity index (χ0) is 30.8. The fraction of sp³-hybridized carbons (Fsp3) is 0.0909. The number of hydrogen-bond donors (Lipinski definition) is 0. The fourth-order valence-electron chi connectivity index (χ4n) is 4.57. The van der Waals surface area contributed by atoms with Crippen LogP contribution in [-0.2, 0) is 0 Å². The molecule has 0 fully saturated rings. The van der Waals surface area contributed by atoms with E-state index in [9.17, 15) is 0 Å². The molecule has 0 N–H and O–H groups in total. The summed E-state index contributed by atoms with van der Waals surface area (Å²) in [5, 5.41) is 25.7. The van der Waals surface area contributed by atoms with Crippen molar-refractivity contribution in [1.29, 1.82) is 0 Å². The van der Waals surface area contributed by atoms with Gasteiger partial charge in [0.1, 0.15) is 17.2 Å². The Balaban J connectivity index is 1.28. The Kier molecular flexibility index (Phi) is 7.20.